The third-order valence-electron chi connectivity index (χ3n) is 3.80. The quantitative estimate of drug-likeness (QED) is 0.839. The Balaban J connectivity index is 1.89. The van der Waals surface area contributed by atoms with Gasteiger partial charge in [0.05, 0.1) is 14.2 Å². The van der Waals surface area contributed by atoms with Crippen LogP contribution in [-0.2, 0) is 12.8 Å². The molecule has 0 saturated carbocycles. The van der Waals surface area contributed by atoms with Crippen molar-refractivity contribution in [2.75, 3.05) is 14.2 Å². The van der Waals surface area contributed by atoms with E-state index >= 15 is 0 Å². The summed E-state index contributed by atoms with van der Waals surface area (Å²) in [4.78, 5) is 0. The van der Waals surface area contributed by atoms with Crippen LogP contribution in [0.4, 0.5) is 0 Å². The molecule has 0 aromatic heterocycles. The Morgan fingerprint density at radius 2 is 1.65 bits per heavy atom. The highest BCUT2D eigenvalue weighted by atomic mass is 16.5. The van der Waals surface area contributed by atoms with Gasteiger partial charge in [0, 0.05) is 0 Å². The van der Waals surface area contributed by atoms with Crippen LogP contribution in [0.5, 0.6) is 11.5 Å². The van der Waals surface area contributed by atoms with Crippen molar-refractivity contribution in [3.8, 4) is 11.5 Å². The van der Waals surface area contributed by atoms with Crippen LogP contribution in [0.1, 0.15) is 16.7 Å². The van der Waals surface area contributed by atoms with E-state index in [9.17, 15) is 0 Å². The van der Waals surface area contributed by atoms with E-state index < -0.39 is 0 Å². The Labute approximate surface area is 119 Å². The third-order valence-corrected chi connectivity index (χ3v) is 3.80. The molecule has 0 saturated heterocycles. The molecule has 3 rings (SSSR count). The van der Waals surface area contributed by atoms with Gasteiger partial charge in [0.2, 0.25) is 0 Å². The van der Waals surface area contributed by atoms with Gasteiger partial charge in [0.15, 0.2) is 0 Å². The van der Waals surface area contributed by atoms with Gasteiger partial charge < -0.3 is 9.47 Å². The van der Waals surface area contributed by atoms with Gasteiger partial charge in [-0.2, -0.15) is 0 Å². The van der Waals surface area contributed by atoms with Gasteiger partial charge in [-0.3, -0.25) is 0 Å². The molecule has 0 radical (unpaired) electrons. The van der Waals surface area contributed by atoms with Gasteiger partial charge in [-0.1, -0.05) is 24.3 Å². The highest BCUT2D eigenvalue weighted by Crippen LogP contribution is 2.31. The van der Waals surface area contributed by atoms with Crippen molar-refractivity contribution < 1.29 is 9.47 Å². The number of rotatable bonds is 3. The first-order valence-electron chi connectivity index (χ1n) is 6.79. The molecule has 0 fully saturated rings. The Kier molecular flexibility index (Phi) is 3.46. The zero-order valence-electron chi connectivity index (χ0n) is 11.8. The molecule has 0 amide bonds. The highest BCUT2D eigenvalue weighted by molar-refractivity contribution is 5.71. The predicted molar refractivity (Wildman–Crippen MR) is 81.4 cm³/mol. The van der Waals surface area contributed by atoms with Crippen molar-refractivity contribution in [2.24, 2.45) is 0 Å². The van der Waals surface area contributed by atoms with E-state index in [0.717, 1.165) is 24.3 Å². The van der Waals surface area contributed by atoms with Crippen LogP contribution in [0, 0.1) is 0 Å². The molecule has 0 N–H and O–H groups in total. The summed E-state index contributed by atoms with van der Waals surface area (Å²) in [7, 11) is 3.41. The molecular weight excluding hydrogens is 248 g/mol. The summed E-state index contributed by atoms with van der Waals surface area (Å²) in [6, 6.07) is 14.6. The number of allylic oxidation sites excluding steroid dienone is 2. The van der Waals surface area contributed by atoms with Gasteiger partial charge in [0.25, 0.3) is 0 Å². The molecule has 0 unspecified atom stereocenters. The van der Waals surface area contributed by atoms with Gasteiger partial charge in [-0.15, -0.1) is 0 Å². The van der Waals surface area contributed by atoms with E-state index in [1.807, 2.05) is 18.2 Å². The number of ether oxygens (including phenoxy) is 2. The Morgan fingerprint density at radius 1 is 0.850 bits per heavy atom. The number of hydrogen-bond acceptors (Lipinski definition) is 2. The largest absolute Gasteiger partial charge is 0.497 e. The van der Waals surface area contributed by atoms with Crippen molar-refractivity contribution in [2.45, 2.75) is 12.8 Å². The number of hydrogen-bond donors (Lipinski definition) is 0. The second-order valence-corrected chi connectivity index (χ2v) is 4.98. The van der Waals surface area contributed by atoms with Crippen LogP contribution >= 0.6 is 0 Å². The zero-order valence-corrected chi connectivity index (χ0v) is 11.8. The van der Waals surface area contributed by atoms with Gasteiger partial charge >= 0.3 is 0 Å². The molecule has 20 heavy (non-hydrogen) atoms. The summed E-state index contributed by atoms with van der Waals surface area (Å²) in [5, 5.41) is 0. The second kappa shape index (κ2) is 5.41. The Bertz CT molecular complexity index is 656. The monoisotopic (exact) mass is 266 g/mol. The van der Waals surface area contributed by atoms with Crippen molar-refractivity contribution >= 4 is 5.57 Å². The molecule has 0 atom stereocenters. The first-order valence-corrected chi connectivity index (χ1v) is 6.79. The fraction of sp³-hybridized carbons (Fsp3) is 0.222. The van der Waals surface area contributed by atoms with Gasteiger partial charge in [-0.05, 0) is 59.4 Å². The smallest absolute Gasteiger partial charge is 0.119 e. The second-order valence-electron chi connectivity index (χ2n) is 4.98. The summed E-state index contributed by atoms with van der Waals surface area (Å²) < 4.78 is 10.6. The lowest BCUT2D eigenvalue weighted by Crippen LogP contribution is -2.03. The average Bonchev–Trinajstić information content (AvgIpc) is 2.54. The summed E-state index contributed by atoms with van der Waals surface area (Å²) in [5.74, 6) is 1.84. The first-order chi connectivity index (χ1) is 9.80. The Hall–Kier alpha value is -2.22. The third kappa shape index (κ3) is 2.42. The van der Waals surface area contributed by atoms with Crippen molar-refractivity contribution in [1.29, 1.82) is 0 Å². The van der Waals surface area contributed by atoms with Gasteiger partial charge in [-0.25, -0.2) is 0 Å². The zero-order chi connectivity index (χ0) is 13.9. The molecule has 1 aliphatic rings. The molecule has 0 heterocycles. The maximum Gasteiger partial charge on any atom is 0.119 e. The molecule has 2 aromatic carbocycles. The average molecular weight is 266 g/mol. The summed E-state index contributed by atoms with van der Waals surface area (Å²) in [6.07, 6.45) is 4.22. The summed E-state index contributed by atoms with van der Waals surface area (Å²) >= 11 is 0. The van der Waals surface area contributed by atoms with Crippen molar-refractivity contribution in [1.82, 2.24) is 0 Å². The molecule has 102 valence electrons. The van der Waals surface area contributed by atoms with E-state index in [-0.39, 0.29) is 0 Å². The minimum absolute atomic E-state index is 0.906. The molecule has 0 aliphatic heterocycles. The van der Waals surface area contributed by atoms with Crippen LogP contribution in [-0.4, -0.2) is 14.2 Å². The molecule has 0 spiro atoms. The summed E-state index contributed by atoms with van der Waals surface area (Å²) in [6.45, 7) is 0. The molecule has 2 heteroatoms. The van der Waals surface area contributed by atoms with Crippen molar-refractivity contribution in [3.05, 3.63) is 65.2 Å². The lowest BCUT2D eigenvalue weighted by Gasteiger charge is -2.18. The minimum atomic E-state index is 0.906. The fourth-order valence-corrected chi connectivity index (χ4v) is 2.64. The first kappa shape index (κ1) is 12.8. The maximum atomic E-state index is 5.30. The fourth-order valence-electron chi connectivity index (χ4n) is 2.64. The lowest BCUT2D eigenvalue weighted by molar-refractivity contribution is 0.414. The topological polar surface area (TPSA) is 18.5 Å². The van der Waals surface area contributed by atoms with E-state index in [2.05, 4.69) is 30.3 Å². The van der Waals surface area contributed by atoms with Crippen LogP contribution in [0.15, 0.2) is 48.5 Å². The van der Waals surface area contributed by atoms with E-state index in [4.69, 9.17) is 9.47 Å². The van der Waals surface area contributed by atoms with E-state index in [1.54, 1.807) is 14.2 Å². The summed E-state index contributed by atoms with van der Waals surface area (Å²) in [5.41, 5.74) is 5.34. The van der Waals surface area contributed by atoms with Crippen LogP contribution < -0.4 is 9.47 Å². The molecule has 2 nitrogen and oxygen atoms in total. The minimum Gasteiger partial charge on any atom is -0.497 e. The normalized spacial score (nSPS) is 13.4. The molecular formula is C18H18O2. The molecule has 1 aliphatic carbocycles. The van der Waals surface area contributed by atoms with Gasteiger partial charge in [0.1, 0.15) is 11.5 Å². The van der Waals surface area contributed by atoms with Crippen LogP contribution in [0.3, 0.4) is 0 Å². The van der Waals surface area contributed by atoms with Crippen molar-refractivity contribution in [3.63, 3.8) is 0 Å². The number of fused-ring (bicyclic) bond motifs is 1. The predicted octanol–water partition coefficient (Wildman–Crippen LogP) is 3.89. The molecule has 0 bridgehead atoms. The highest BCUT2D eigenvalue weighted by Gasteiger charge is 2.13. The van der Waals surface area contributed by atoms with Crippen LogP contribution in [0.2, 0.25) is 0 Å². The van der Waals surface area contributed by atoms with E-state index in [1.165, 1.54) is 22.3 Å². The van der Waals surface area contributed by atoms with E-state index in [0.29, 0.717) is 0 Å². The number of benzene rings is 2. The Morgan fingerprint density at radius 3 is 2.45 bits per heavy atom. The SMILES string of the molecule is COc1cccc(C2=CCc3cc(OC)ccc3C2)c1. The molecule has 2 aromatic rings. The standard InChI is InChI=1S/C18H18O2/c1-19-17-5-3-4-13(11-17)14-6-7-16-12-18(20-2)9-8-15(16)10-14/h3-6,8-9,11-12H,7,10H2,1-2H3. The maximum absolute atomic E-state index is 5.30. The van der Waals surface area contributed by atoms with Crippen LogP contribution in [0.25, 0.3) is 5.57 Å². The lowest BCUT2D eigenvalue weighted by atomic mass is 9.88. The number of methoxy groups -OCH3 is 2.